The van der Waals surface area contributed by atoms with Crippen LogP contribution in [0.5, 0.6) is 0 Å². The molecule has 5 nitrogen and oxygen atoms in total. The maximum Gasteiger partial charge on any atom is 0.416 e. The van der Waals surface area contributed by atoms with Gasteiger partial charge in [0, 0.05) is 6.04 Å². The molecular weight excluding hydrogens is 547 g/mol. The van der Waals surface area contributed by atoms with Crippen LogP contribution in [0.4, 0.5) is 50.0 Å². The van der Waals surface area contributed by atoms with E-state index >= 15 is 0 Å². The summed E-state index contributed by atoms with van der Waals surface area (Å²) in [5, 5.41) is 2.40. The van der Waals surface area contributed by atoms with E-state index < -0.39 is 77.4 Å². The van der Waals surface area contributed by atoms with Crippen LogP contribution in [0.15, 0.2) is 36.4 Å². The SMILES string of the molecule is CC(C)OC(=O)N1c2ccc(C(F)(F)F)cc2[C@@H](NC(=O)Cc2cc(C(F)(F)F)cc(C(F)(F)F)c2)C[C@H]1C. The van der Waals surface area contributed by atoms with Gasteiger partial charge in [0.25, 0.3) is 0 Å². The van der Waals surface area contributed by atoms with Gasteiger partial charge in [0.1, 0.15) is 0 Å². The molecule has 3 rings (SSSR count). The predicted octanol–water partition coefficient (Wildman–Crippen LogP) is 7.29. The van der Waals surface area contributed by atoms with Gasteiger partial charge in [-0.15, -0.1) is 0 Å². The summed E-state index contributed by atoms with van der Waals surface area (Å²) in [7, 11) is 0. The van der Waals surface area contributed by atoms with Crippen molar-refractivity contribution in [1.29, 1.82) is 0 Å². The smallest absolute Gasteiger partial charge is 0.416 e. The number of hydrogen-bond acceptors (Lipinski definition) is 3. The van der Waals surface area contributed by atoms with E-state index in [0.717, 1.165) is 23.1 Å². The molecule has 2 amide bonds. The fraction of sp³-hybridized carbons (Fsp3) is 0.440. The predicted molar refractivity (Wildman–Crippen MR) is 121 cm³/mol. The van der Waals surface area contributed by atoms with Gasteiger partial charge in [0.2, 0.25) is 5.91 Å². The van der Waals surface area contributed by atoms with Crippen molar-refractivity contribution in [3.8, 4) is 0 Å². The second-order valence-corrected chi connectivity index (χ2v) is 9.37. The van der Waals surface area contributed by atoms with Crippen molar-refractivity contribution in [1.82, 2.24) is 5.32 Å². The molecule has 0 saturated carbocycles. The van der Waals surface area contributed by atoms with Crippen molar-refractivity contribution in [2.24, 2.45) is 0 Å². The molecule has 2 aromatic rings. The summed E-state index contributed by atoms with van der Waals surface area (Å²) >= 11 is 0. The number of alkyl halides is 9. The van der Waals surface area contributed by atoms with E-state index in [1.807, 2.05) is 0 Å². The minimum Gasteiger partial charge on any atom is -0.446 e. The minimum atomic E-state index is -5.12. The van der Waals surface area contributed by atoms with Crippen molar-refractivity contribution >= 4 is 17.7 Å². The van der Waals surface area contributed by atoms with Crippen LogP contribution in [0.3, 0.4) is 0 Å². The summed E-state index contributed by atoms with van der Waals surface area (Å²) in [6.45, 7) is 4.69. The number of carbonyl (C=O) groups is 2. The van der Waals surface area contributed by atoms with Crippen LogP contribution in [-0.2, 0) is 34.5 Å². The van der Waals surface area contributed by atoms with Crippen LogP contribution < -0.4 is 10.2 Å². The van der Waals surface area contributed by atoms with Gasteiger partial charge in [0.15, 0.2) is 0 Å². The standard InChI is InChI=1S/C25H23F9N2O3/c1-12(2)39-22(38)36-13(3)6-19(18-11-15(23(26,27)28)4-5-20(18)36)35-21(37)9-14-7-16(24(29,30)31)10-17(8-14)25(32,33)34/h4-5,7-8,10-13,19H,6,9H2,1-3H3,(H,35,37)/t13-,19+/m1/s1. The molecule has 2 atom stereocenters. The van der Waals surface area contributed by atoms with E-state index in [9.17, 15) is 49.1 Å². The van der Waals surface area contributed by atoms with E-state index in [-0.39, 0.29) is 23.7 Å². The zero-order chi connectivity index (χ0) is 29.5. The summed E-state index contributed by atoms with van der Waals surface area (Å²) in [4.78, 5) is 26.6. The molecule has 214 valence electrons. The largest absolute Gasteiger partial charge is 0.446 e. The summed E-state index contributed by atoms with van der Waals surface area (Å²) < 4.78 is 124. The molecular formula is C25H23F9N2O3. The number of nitrogens with one attached hydrogen (secondary N) is 1. The lowest BCUT2D eigenvalue weighted by molar-refractivity contribution is -0.143. The minimum absolute atomic E-state index is 0.0103. The first kappa shape index (κ1) is 30.1. The Kier molecular flexibility index (Phi) is 8.19. The van der Waals surface area contributed by atoms with Crippen LogP contribution in [0.25, 0.3) is 0 Å². The molecule has 0 spiro atoms. The van der Waals surface area contributed by atoms with Gasteiger partial charge >= 0.3 is 24.6 Å². The molecule has 0 radical (unpaired) electrons. The number of amides is 2. The third kappa shape index (κ3) is 7.15. The molecule has 0 aliphatic carbocycles. The lowest BCUT2D eigenvalue weighted by Gasteiger charge is -2.39. The van der Waals surface area contributed by atoms with Gasteiger partial charge in [-0.1, -0.05) is 0 Å². The highest BCUT2D eigenvalue weighted by Gasteiger charge is 2.40. The molecule has 1 aliphatic heterocycles. The Labute approximate surface area is 216 Å². The van der Waals surface area contributed by atoms with E-state index in [4.69, 9.17) is 4.74 Å². The lowest BCUT2D eigenvalue weighted by Crippen LogP contribution is -2.47. The second-order valence-electron chi connectivity index (χ2n) is 9.37. The first-order valence-corrected chi connectivity index (χ1v) is 11.6. The van der Waals surface area contributed by atoms with Crippen molar-refractivity contribution < 1.29 is 53.8 Å². The molecule has 0 aromatic heterocycles. The van der Waals surface area contributed by atoms with Crippen LogP contribution in [0.1, 0.15) is 61.1 Å². The Bertz CT molecular complexity index is 1200. The van der Waals surface area contributed by atoms with E-state index in [0.29, 0.717) is 12.1 Å². The highest BCUT2D eigenvalue weighted by Crippen LogP contribution is 2.42. The van der Waals surface area contributed by atoms with Crippen molar-refractivity contribution in [2.45, 2.75) is 70.3 Å². The maximum atomic E-state index is 13.4. The molecule has 14 heteroatoms. The zero-order valence-corrected chi connectivity index (χ0v) is 20.7. The van der Waals surface area contributed by atoms with E-state index in [1.54, 1.807) is 20.8 Å². The zero-order valence-electron chi connectivity index (χ0n) is 20.7. The molecule has 39 heavy (non-hydrogen) atoms. The van der Waals surface area contributed by atoms with Crippen LogP contribution in [0, 0.1) is 0 Å². The van der Waals surface area contributed by atoms with Gasteiger partial charge in [-0.2, -0.15) is 39.5 Å². The number of nitrogens with zero attached hydrogens (tertiary/aromatic N) is 1. The highest BCUT2D eigenvalue weighted by molar-refractivity contribution is 5.91. The normalized spacial score (nSPS) is 18.1. The summed E-state index contributed by atoms with van der Waals surface area (Å²) in [6, 6.07) is 1.40. The van der Waals surface area contributed by atoms with Gasteiger partial charge < -0.3 is 10.1 Å². The van der Waals surface area contributed by atoms with Gasteiger partial charge in [0.05, 0.1) is 40.9 Å². The number of ether oxygens (including phenoxy) is 1. The van der Waals surface area contributed by atoms with Crippen molar-refractivity contribution in [2.75, 3.05) is 4.90 Å². The van der Waals surface area contributed by atoms with Gasteiger partial charge in [-0.05, 0) is 74.7 Å². The Balaban J connectivity index is 1.96. The molecule has 0 fully saturated rings. The van der Waals surface area contributed by atoms with Crippen molar-refractivity contribution in [3.63, 3.8) is 0 Å². The summed E-state index contributed by atoms with van der Waals surface area (Å²) in [5.74, 6) is -1.03. The van der Waals surface area contributed by atoms with Crippen LogP contribution in [0.2, 0.25) is 0 Å². The highest BCUT2D eigenvalue weighted by atomic mass is 19.4. The summed E-state index contributed by atoms with van der Waals surface area (Å²) in [5.41, 5.74) is -4.99. The van der Waals surface area contributed by atoms with Crippen molar-refractivity contribution in [3.05, 3.63) is 64.2 Å². The fourth-order valence-corrected chi connectivity index (χ4v) is 4.27. The maximum absolute atomic E-state index is 13.4. The average Bonchev–Trinajstić information content (AvgIpc) is 2.76. The Morgan fingerprint density at radius 2 is 1.44 bits per heavy atom. The third-order valence-corrected chi connectivity index (χ3v) is 5.89. The Hall–Kier alpha value is -3.45. The number of rotatable bonds is 4. The topological polar surface area (TPSA) is 58.6 Å². The number of hydrogen-bond donors (Lipinski definition) is 1. The molecule has 1 heterocycles. The summed E-state index contributed by atoms with van der Waals surface area (Å²) in [6.07, 6.45) is -17.4. The molecule has 2 aromatic carbocycles. The first-order chi connectivity index (χ1) is 17.8. The number of anilines is 1. The number of benzene rings is 2. The number of halogens is 9. The average molecular weight is 570 g/mol. The van der Waals surface area contributed by atoms with Crippen LogP contribution >= 0.6 is 0 Å². The number of fused-ring (bicyclic) bond motifs is 1. The second kappa shape index (κ2) is 10.6. The Morgan fingerprint density at radius 3 is 1.92 bits per heavy atom. The monoisotopic (exact) mass is 570 g/mol. The molecule has 0 saturated heterocycles. The van der Waals surface area contributed by atoms with Crippen LogP contribution in [-0.4, -0.2) is 24.1 Å². The molecule has 1 aliphatic rings. The molecule has 0 unspecified atom stereocenters. The van der Waals surface area contributed by atoms with E-state index in [1.165, 1.54) is 0 Å². The Morgan fingerprint density at radius 1 is 0.897 bits per heavy atom. The molecule has 1 N–H and O–H groups in total. The molecule has 0 bridgehead atoms. The number of carbonyl (C=O) groups excluding carboxylic acids is 2. The van der Waals surface area contributed by atoms with E-state index in [2.05, 4.69) is 5.32 Å². The van der Waals surface area contributed by atoms with Gasteiger partial charge in [-0.25, -0.2) is 4.79 Å². The first-order valence-electron chi connectivity index (χ1n) is 11.6. The third-order valence-electron chi connectivity index (χ3n) is 5.89. The quantitative estimate of drug-likeness (QED) is 0.393. The lowest BCUT2D eigenvalue weighted by atomic mass is 9.90. The van der Waals surface area contributed by atoms with Gasteiger partial charge in [-0.3, -0.25) is 9.69 Å². The fourth-order valence-electron chi connectivity index (χ4n) is 4.27.